The number of aryl methyl sites for hydroxylation is 1. The summed E-state index contributed by atoms with van der Waals surface area (Å²) >= 11 is 0. The summed E-state index contributed by atoms with van der Waals surface area (Å²) in [6.45, 7) is 3.98. The maximum Gasteiger partial charge on any atom is 0.314 e. The van der Waals surface area contributed by atoms with Gasteiger partial charge in [0.05, 0.1) is 11.8 Å². The van der Waals surface area contributed by atoms with Crippen LogP contribution >= 0.6 is 0 Å². The van der Waals surface area contributed by atoms with Gasteiger partial charge < -0.3 is 10.4 Å². The van der Waals surface area contributed by atoms with Gasteiger partial charge in [-0.15, -0.1) is 0 Å². The van der Waals surface area contributed by atoms with Gasteiger partial charge in [0.1, 0.15) is 0 Å². The smallest absolute Gasteiger partial charge is 0.314 e. The average molecular weight is 287 g/mol. The predicted molar refractivity (Wildman–Crippen MR) is 80.6 cm³/mol. The lowest BCUT2D eigenvalue weighted by atomic mass is 9.67. The molecular weight excluding hydrogens is 266 g/mol. The van der Waals surface area contributed by atoms with Crippen LogP contribution in [0.4, 0.5) is 5.69 Å². The molecule has 1 aromatic carbocycles. The van der Waals surface area contributed by atoms with Gasteiger partial charge in [-0.25, -0.2) is 0 Å². The Bertz CT molecular complexity index is 627. The largest absolute Gasteiger partial charge is 0.481 e. The molecule has 1 saturated carbocycles. The molecule has 4 nitrogen and oxygen atoms in total. The topological polar surface area (TPSA) is 66.4 Å². The molecule has 0 saturated heterocycles. The molecule has 1 aromatic rings. The lowest BCUT2D eigenvalue weighted by molar-refractivity contribution is -0.145. The van der Waals surface area contributed by atoms with Crippen LogP contribution < -0.4 is 5.32 Å². The fourth-order valence-corrected chi connectivity index (χ4v) is 3.95. The number of carbonyl (C=O) groups excluding carboxylic acids is 1. The van der Waals surface area contributed by atoms with Gasteiger partial charge in [-0.1, -0.05) is 25.3 Å². The minimum absolute atomic E-state index is 0.0346. The molecular formula is C17H21NO3. The van der Waals surface area contributed by atoms with E-state index in [-0.39, 0.29) is 5.91 Å². The molecule has 0 spiro atoms. The van der Waals surface area contributed by atoms with Gasteiger partial charge >= 0.3 is 5.97 Å². The van der Waals surface area contributed by atoms with E-state index in [4.69, 9.17) is 0 Å². The summed E-state index contributed by atoms with van der Waals surface area (Å²) in [5.74, 6) is -0.785. The number of benzene rings is 1. The van der Waals surface area contributed by atoms with Gasteiger partial charge in [-0.2, -0.15) is 0 Å². The first-order chi connectivity index (χ1) is 9.95. The molecule has 1 heterocycles. The number of hydrogen-bond acceptors (Lipinski definition) is 2. The van der Waals surface area contributed by atoms with Gasteiger partial charge in [-0.3, -0.25) is 9.59 Å². The van der Waals surface area contributed by atoms with Gasteiger partial charge in [0.25, 0.3) is 0 Å². The quantitative estimate of drug-likeness (QED) is 0.878. The summed E-state index contributed by atoms with van der Waals surface area (Å²) in [7, 11) is 0. The van der Waals surface area contributed by atoms with E-state index in [9.17, 15) is 14.7 Å². The third-order valence-corrected chi connectivity index (χ3v) is 5.14. The van der Waals surface area contributed by atoms with Crippen LogP contribution in [0.2, 0.25) is 0 Å². The number of carboxylic acids is 1. The summed E-state index contributed by atoms with van der Waals surface area (Å²) in [4.78, 5) is 23.9. The maximum absolute atomic E-state index is 12.1. The van der Waals surface area contributed by atoms with E-state index in [1.807, 2.05) is 19.9 Å². The molecule has 0 unspecified atom stereocenters. The van der Waals surface area contributed by atoms with Crippen LogP contribution in [-0.2, 0) is 21.4 Å². The highest BCUT2D eigenvalue weighted by atomic mass is 16.4. The van der Waals surface area contributed by atoms with Crippen molar-refractivity contribution in [2.75, 3.05) is 5.32 Å². The number of fused-ring (bicyclic) bond motifs is 1. The number of aliphatic carboxylic acids is 1. The zero-order valence-corrected chi connectivity index (χ0v) is 12.6. The molecule has 1 aliphatic heterocycles. The summed E-state index contributed by atoms with van der Waals surface area (Å²) in [5.41, 5.74) is 3.83. The molecule has 0 bridgehead atoms. The minimum atomic E-state index is -0.837. The van der Waals surface area contributed by atoms with E-state index >= 15 is 0 Å². The zero-order chi connectivity index (χ0) is 15.2. The lowest BCUT2D eigenvalue weighted by Crippen LogP contribution is -2.39. The van der Waals surface area contributed by atoms with Crippen LogP contribution in [0.3, 0.4) is 0 Å². The van der Waals surface area contributed by atoms with Crippen LogP contribution in [0, 0.1) is 13.8 Å². The molecule has 1 fully saturated rings. The minimum Gasteiger partial charge on any atom is -0.481 e. The number of carboxylic acid groups (broad SMARTS) is 1. The molecule has 112 valence electrons. The van der Waals surface area contributed by atoms with Crippen molar-refractivity contribution in [1.29, 1.82) is 0 Å². The van der Waals surface area contributed by atoms with Crippen LogP contribution in [0.5, 0.6) is 0 Å². The van der Waals surface area contributed by atoms with Crippen LogP contribution in [-0.4, -0.2) is 17.0 Å². The van der Waals surface area contributed by atoms with Crippen molar-refractivity contribution in [1.82, 2.24) is 0 Å². The maximum atomic E-state index is 12.1. The molecule has 21 heavy (non-hydrogen) atoms. The van der Waals surface area contributed by atoms with Crippen molar-refractivity contribution in [3.05, 3.63) is 28.3 Å². The Hall–Kier alpha value is -1.84. The van der Waals surface area contributed by atoms with Crippen molar-refractivity contribution >= 4 is 17.6 Å². The van der Waals surface area contributed by atoms with Gasteiger partial charge in [0.15, 0.2) is 0 Å². The second kappa shape index (κ2) is 4.86. The first-order valence-electron chi connectivity index (χ1n) is 7.62. The highest BCUT2D eigenvalue weighted by Crippen LogP contribution is 2.47. The third-order valence-electron chi connectivity index (χ3n) is 5.14. The normalized spacial score (nSPS) is 20.0. The number of rotatable bonds is 2. The second-order valence-electron chi connectivity index (χ2n) is 6.40. The summed E-state index contributed by atoms with van der Waals surface area (Å²) in [6, 6.07) is 2.02. The first-order valence-corrected chi connectivity index (χ1v) is 7.62. The van der Waals surface area contributed by atoms with E-state index < -0.39 is 11.4 Å². The van der Waals surface area contributed by atoms with Gasteiger partial charge in [0.2, 0.25) is 5.91 Å². The Kier molecular flexibility index (Phi) is 3.27. The highest BCUT2D eigenvalue weighted by Gasteiger charge is 2.45. The Morgan fingerprint density at radius 1 is 1.24 bits per heavy atom. The molecule has 3 rings (SSSR count). The Morgan fingerprint density at radius 2 is 1.90 bits per heavy atom. The summed E-state index contributed by atoms with van der Waals surface area (Å²) < 4.78 is 0. The van der Waals surface area contributed by atoms with Crippen molar-refractivity contribution in [2.24, 2.45) is 0 Å². The molecule has 0 atom stereocenters. The Morgan fingerprint density at radius 3 is 2.52 bits per heavy atom. The third kappa shape index (κ3) is 2.04. The lowest BCUT2D eigenvalue weighted by Gasteiger charge is -2.36. The summed E-state index contributed by atoms with van der Waals surface area (Å²) in [5, 5.41) is 12.9. The van der Waals surface area contributed by atoms with E-state index in [1.165, 1.54) is 0 Å². The van der Waals surface area contributed by atoms with Crippen molar-refractivity contribution in [3.63, 3.8) is 0 Å². The molecule has 1 amide bonds. The first kappa shape index (κ1) is 14.1. The number of amides is 1. The van der Waals surface area contributed by atoms with Crippen LogP contribution in [0.15, 0.2) is 6.07 Å². The monoisotopic (exact) mass is 287 g/mol. The standard InChI is InChI=1S/C17H21NO3/c1-10-8-12-9-13(19)18-15(12)14(11(10)2)17(16(20)21)6-4-3-5-7-17/h8H,3-7,9H2,1-2H3,(H,18,19)(H,20,21). The molecule has 2 aliphatic rings. The van der Waals surface area contributed by atoms with Crippen LogP contribution in [0.25, 0.3) is 0 Å². The number of hydrogen-bond donors (Lipinski definition) is 2. The molecule has 0 aromatic heterocycles. The number of anilines is 1. The average Bonchev–Trinajstić information content (AvgIpc) is 2.80. The molecule has 0 radical (unpaired) electrons. The van der Waals surface area contributed by atoms with E-state index in [0.29, 0.717) is 19.3 Å². The SMILES string of the molecule is Cc1cc2c(c(C3(C(=O)O)CCCCC3)c1C)NC(=O)C2. The van der Waals surface area contributed by atoms with Crippen molar-refractivity contribution in [2.45, 2.75) is 57.8 Å². The zero-order valence-electron chi connectivity index (χ0n) is 12.6. The molecule has 1 aliphatic carbocycles. The number of nitrogens with one attached hydrogen (secondary N) is 1. The molecule has 4 heteroatoms. The fraction of sp³-hybridized carbons (Fsp3) is 0.529. The Labute approximate surface area is 124 Å². The number of carbonyl (C=O) groups is 2. The predicted octanol–water partition coefficient (Wildman–Crippen LogP) is 3.08. The van der Waals surface area contributed by atoms with E-state index in [0.717, 1.165) is 47.2 Å². The highest BCUT2D eigenvalue weighted by molar-refractivity contribution is 6.02. The molecule has 2 N–H and O–H groups in total. The van der Waals surface area contributed by atoms with Gasteiger partial charge in [0, 0.05) is 5.69 Å². The second-order valence-corrected chi connectivity index (χ2v) is 6.40. The van der Waals surface area contributed by atoms with Crippen molar-refractivity contribution in [3.8, 4) is 0 Å². The van der Waals surface area contributed by atoms with Gasteiger partial charge in [-0.05, 0) is 48.9 Å². The summed E-state index contributed by atoms with van der Waals surface area (Å²) in [6.07, 6.45) is 4.64. The van der Waals surface area contributed by atoms with E-state index in [2.05, 4.69) is 5.32 Å². The van der Waals surface area contributed by atoms with Crippen molar-refractivity contribution < 1.29 is 14.7 Å². The fourth-order valence-electron chi connectivity index (χ4n) is 3.95. The van der Waals surface area contributed by atoms with E-state index in [1.54, 1.807) is 0 Å². The Balaban J connectivity index is 2.25. The van der Waals surface area contributed by atoms with Crippen LogP contribution in [0.1, 0.15) is 54.4 Å².